The maximum atomic E-state index is 13.0. The summed E-state index contributed by atoms with van der Waals surface area (Å²) in [5.41, 5.74) is 0. The molecule has 2 fully saturated rings. The van der Waals surface area contributed by atoms with Crippen molar-refractivity contribution in [3.05, 3.63) is 12.7 Å². The third kappa shape index (κ3) is 8.83. The Balaban J connectivity index is 2.11. The number of carbonyl (C=O) groups is 1. The summed E-state index contributed by atoms with van der Waals surface area (Å²) in [4.78, 5) is 11.8. The first kappa shape index (κ1) is 28.0. The number of alkyl halides is 3. The van der Waals surface area contributed by atoms with Gasteiger partial charge in [-0.3, -0.25) is 4.79 Å². The van der Waals surface area contributed by atoms with Gasteiger partial charge in [0.25, 0.3) is 0 Å². The lowest BCUT2D eigenvalue weighted by Crippen LogP contribution is -2.69. The maximum absolute atomic E-state index is 13.0. The van der Waals surface area contributed by atoms with Crippen molar-refractivity contribution in [2.45, 2.75) is 108 Å². The van der Waals surface area contributed by atoms with Crippen molar-refractivity contribution in [1.82, 2.24) is 5.32 Å². The van der Waals surface area contributed by atoms with E-state index in [2.05, 4.69) is 13.5 Å². The second-order valence-corrected chi connectivity index (χ2v) is 8.91. The van der Waals surface area contributed by atoms with E-state index in [0.29, 0.717) is 6.61 Å². The third-order valence-corrected chi connectivity index (χ3v) is 5.65. The molecule has 2 aliphatic heterocycles. The molecular formula is C23H38F3NO6. The Bertz CT molecular complexity index is 615. The first-order chi connectivity index (χ1) is 15.6. The van der Waals surface area contributed by atoms with Crippen molar-refractivity contribution in [1.29, 1.82) is 0 Å². The van der Waals surface area contributed by atoms with Crippen LogP contribution in [0.25, 0.3) is 0 Å². The molecule has 2 rings (SSSR count). The minimum atomic E-state index is -5.06. The van der Waals surface area contributed by atoms with Crippen molar-refractivity contribution in [2.75, 3.05) is 19.8 Å². The molecule has 0 aromatic carbocycles. The zero-order valence-electron chi connectivity index (χ0n) is 19.8. The number of carbonyl (C=O) groups excluding carboxylic acids is 1. The highest BCUT2D eigenvalue weighted by atomic mass is 19.4. The van der Waals surface area contributed by atoms with E-state index in [1.165, 1.54) is 25.3 Å². The van der Waals surface area contributed by atoms with Crippen molar-refractivity contribution in [2.24, 2.45) is 0 Å². The van der Waals surface area contributed by atoms with Gasteiger partial charge < -0.3 is 29.0 Å². The smallest absolute Gasteiger partial charge is 0.373 e. The van der Waals surface area contributed by atoms with Crippen molar-refractivity contribution < 1.29 is 41.7 Å². The van der Waals surface area contributed by atoms with Crippen LogP contribution in [0.1, 0.15) is 65.7 Å². The molecule has 0 bridgehead atoms. The van der Waals surface area contributed by atoms with Crippen molar-refractivity contribution in [3.8, 4) is 0 Å². The molecule has 2 saturated heterocycles. The van der Waals surface area contributed by atoms with E-state index in [1.807, 2.05) is 5.32 Å². The molecule has 5 atom stereocenters. The van der Waals surface area contributed by atoms with Gasteiger partial charge in [0.2, 0.25) is 0 Å². The number of hydrogen-bond acceptors (Lipinski definition) is 6. The van der Waals surface area contributed by atoms with E-state index >= 15 is 0 Å². The fourth-order valence-corrected chi connectivity index (χ4v) is 3.99. The molecule has 1 amide bonds. The molecule has 2 heterocycles. The lowest BCUT2D eigenvalue weighted by Gasteiger charge is -2.51. The van der Waals surface area contributed by atoms with Crippen LogP contribution in [-0.4, -0.2) is 68.3 Å². The monoisotopic (exact) mass is 481 g/mol. The van der Waals surface area contributed by atoms with E-state index < -0.39 is 48.5 Å². The number of nitrogens with one attached hydrogen (secondary N) is 1. The maximum Gasteiger partial charge on any atom is 0.471 e. The Morgan fingerprint density at radius 2 is 1.82 bits per heavy atom. The van der Waals surface area contributed by atoms with Crippen LogP contribution in [0.3, 0.4) is 0 Å². The SMILES string of the molecule is C=CCO[C@H]1OC2COC(C)(C)O[C@H]2C(OCCCCCCCCC)[C@H]1NC(=O)C(F)(F)F. The summed E-state index contributed by atoms with van der Waals surface area (Å²) in [6.45, 7) is 9.64. The average molecular weight is 482 g/mol. The average Bonchev–Trinajstić information content (AvgIpc) is 2.74. The lowest BCUT2D eigenvalue weighted by atomic mass is 9.94. The Labute approximate surface area is 194 Å². The van der Waals surface area contributed by atoms with Crippen LogP contribution < -0.4 is 5.32 Å². The van der Waals surface area contributed by atoms with Crippen LogP contribution in [-0.2, 0) is 28.5 Å². The summed E-state index contributed by atoms with van der Waals surface area (Å²) < 4.78 is 68.2. The Hall–Kier alpha value is -1.20. The van der Waals surface area contributed by atoms with E-state index in [-0.39, 0.29) is 13.2 Å². The molecule has 0 spiro atoms. The molecule has 0 saturated carbocycles. The lowest BCUT2D eigenvalue weighted by molar-refractivity contribution is -0.371. The summed E-state index contributed by atoms with van der Waals surface area (Å²) in [5, 5.41) is 2.01. The molecule has 7 nitrogen and oxygen atoms in total. The Morgan fingerprint density at radius 1 is 1.15 bits per heavy atom. The fraction of sp³-hybridized carbons (Fsp3) is 0.870. The van der Waals surface area contributed by atoms with Crippen LogP contribution in [0.15, 0.2) is 12.7 Å². The highest BCUT2D eigenvalue weighted by Crippen LogP contribution is 2.35. The second-order valence-electron chi connectivity index (χ2n) is 8.91. The molecule has 33 heavy (non-hydrogen) atoms. The zero-order valence-corrected chi connectivity index (χ0v) is 19.8. The van der Waals surface area contributed by atoms with Gasteiger partial charge in [-0.25, -0.2) is 0 Å². The van der Waals surface area contributed by atoms with Crippen LogP contribution >= 0.6 is 0 Å². The number of amides is 1. The largest absolute Gasteiger partial charge is 0.471 e. The first-order valence-electron chi connectivity index (χ1n) is 11.8. The fourth-order valence-electron chi connectivity index (χ4n) is 3.99. The van der Waals surface area contributed by atoms with Gasteiger partial charge in [0, 0.05) is 6.61 Å². The molecule has 0 aromatic rings. The van der Waals surface area contributed by atoms with Gasteiger partial charge in [0.1, 0.15) is 24.4 Å². The highest BCUT2D eigenvalue weighted by molar-refractivity contribution is 5.82. The van der Waals surface area contributed by atoms with E-state index in [1.54, 1.807) is 13.8 Å². The normalized spacial score (nSPS) is 29.3. The molecule has 192 valence electrons. The van der Waals surface area contributed by atoms with Gasteiger partial charge in [-0.1, -0.05) is 51.5 Å². The number of fused-ring (bicyclic) bond motifs is 1. The van der Waals surface area contributed by atoms with Gasteiger partial charge in [0.05, 0.1) is 13.2 Å². The first-order valence-corrected chi connectivity index (χ1v) is 11.8. The molecule has 0 aliphatic carbocycles. The zero-order chi connectivity index (χ0) is 24.5. The van der Waals surface area contributed by atoms with Crippen molar-refractivity contribution >= 4 is 5.91 Å². The summed E-state index contributed by atoms with van der Waals surface area (Å²) in [6.07, 6.45) is 0.443. The molecule has 2 unspecified atom stereocenters. The van der Waals surface area contributed by atoms with Gasteiger partial charge in [-0.05, 0) is 20.3 Å². The third-order valence-electron chi connectivity index (χ3n) is 5.65. The summed E-state index contributed by atoms with van der Waals surface area (Å²) in [7, 11) is 0. The van der Waals surface area contributed by atoms with E-state index in [9.17, 15) is 18.0 Å². The van der Waals surface area contributed by atoms with E-state index in [0.717, 1.165) is 25.7 Å². The molecular weight excluding hydrogens is 443 g/mol. The Morgan fingerprint density at radius 3 is 2.45 bits per heavy atom. The summed E-state index contributed by atoms with van der Waals surface area (Å²) in [6, 6.07) is -1.22. The molecule has 0 radical (unpaired) electrons. The molecule has 1 N–H and O–H groups in total. The topological polar surface area (TPSA) is 75.2 Å². The number of halogens is 3. The predicted octanol–water partition coefficient (Wildman–Crippen LogP) is 4.25. The molecule has 0 aromatic heterocycles. The van der Waals surface area contributed by atoms with Gasteiger partial charge in [-0.15, -0.1) is 6.58 Å². The van der Waals surface area contributed by atoms with Gasteiger partial charge in [0.15, 0.2) is 12.1 Å². The minimum Gasteiger partial charge on any atom is -0.373 e. The molecule has 10 heteroatoms. The van der Waals surface area contributed by atoms with Crippen LogP contribution in [0, 0.1) is 0 Å². The van der Waals surface area contributed by atoms with Crippen LogP contribution in [0.2, 0.25) is 0 Å². The van der Waals surface area contributed by atoms with Crippen LogP contribution in [0.5, 0.6) is 0 Å². The predicted molar refractivity (Wildman–Crippen MR) is 115 cm³/mol. The minimum absolute atomic E-state index is 0.0259. The van der Waals surface area contributed by atoms with E-state index in [4.69, 9.17) is 23.7 Å². The highest BCUT2D eigenvalue weighted by Gasteiger charge is 2.54. The standard InChI is InChI=1S/C23H38F3NO6/c1-5-7-8-9-10-11-12-14-29-19-17(27-21(28)23(24,25)26)20(30-13-6-2)32-16-15-31-22(3,4)33-18(16)19/h6,16-20H,2,5,7-15H2,1,3-4H3,(H,27,28)/t16?,17-,18-,19?,20+/m1/s1. The Kier molecular flexibility index (Phi) is 11.1. The summed E-state index contributed by atoms with van der Waals surface area (Å²) >= 11 is 0. The van der Waals surface area contributed by atoms with Gasteiger partial charge in [-0.2, -0.15) is 13.2 Å². The van der Waals surface area contributed by atoms with Crippen molar-refractivity contribution in [3.63, 3.8) is 0 Å². The van der Waals surface area contributed by atoms with Crippen LogP contribution in [0.4, 0.5) is 13.2 Å². The molecule has 2 aliphatic rings. The number of hydrogen-bond donors (Lipinski definition) is 1. The second kappa shape index (κ2) is 13.0. The number of unbranched alkanes of at least 4 members (excludes halogenated alkanes) is 6. The number of rotatable bonds is 13. The summed E-state index contributed by atoms with van der Waals surface area (Å²) in [5.74, 6) is -3.06. The van der Waals surface area contributed by atoms with Gasteiger partial charge >= 0.3 is 12.1 Å². The number of ether oxygens (including phenoxy) is 5. The quantitative estimate of drug-likeness (QED) is 0.313.